The Morgan fingerprint density at radius 2 is 1.72 bits per heavy atom. The third-order valence-electron chi connectivity index (χ3n) is 5.18. The van der Waals surface area contributed by atoms with Gasteiger partial charge in [-0.15, -0.1) is 0 Å². The Balaban J connectivity index is 1.61. The van der Waals surface area contributed by atoms with Crippen molar-refractivity contribution in [3.8, 4) is 0 Å². The highest BCUT2D eigenvalue weighted by Gasteiger charge is 2.38. The Morgan fingerprint density at radius 1 is 1.10 bits per heavy atom. The van der Waals surface area contributed by atoms with E-state index in [1.165, 1.54) is 4.31 Å². The van der Waals surface area contributed by atoms with E-state index in [1.807, 2.05) is 0 Å². The average Bonchev–Trinajstić information content (AvgIpc) is 3.09. The van der Waals surface area contributed by atoms with Crippen LogP contribution in [0.4, 0.5) is 5.69 Å². The van der Waals surface area contributed by atoms with Gasteiger partial charge in [0.1, 0.15) is 0 Å². The summed E-state index contributed by atoms with van der Waals surface area (Å²) in [6.07, 6.45) is 1.27. The second-order valence-electron chi connectivity index (χ2n) is 7.16. The number of nitrogens with zero attached hydrogens (tertiary/aromatic N) is 3. The zero-order valence-electron chi connectivity index (χ0n) is 16.5. The van der Waals surface area contributed by atoms with E-state index in [0.29, 0.717) is 24.3 Å². The van der Waals surface area contributed by atoms with Crippen molar-refractivity contribution in [2.45, 2.75) is 13.3 Å². The van der Waals surface area contributed by atoms with Crippen LogP contribution in [0.5, 0.6) is 0 Å². The number of carbonyl (C=O) groups excluding carboxylic acids is 3. The van der Waals surface area contributed by atoms with Crippen molar-refractivity contribution in [3.05, 3.63) is 29.8 Å². The van der Waals surface area contributed by atoms with Crippen LogP contribution >= 0.6 is 0 Å². The molecular weight excluding hydrogens is 398 g/mol. The molecule has 2 aliphatic rings. The van der Waals surface area contributed by atoms with E-state index in [0.717, 1.165) is 6.26 Å². The fourth-order valence-corrected chi connectivity index (χ4v) is 4.44. The standard InChI is InChI=1S/C19H25N3O6S/c1-3-28-19(25)14-4-6-16(7-5-14)22-13-15(12-17(22)23)18(24)20-8-10-21(11-9-20)29(2,26)27/h4-7,15H,3,8-13H2,1-2H3. The highest BCUT2D eigenvalue weighted by molar-refractivity contribution is 7.88. The minimum absolute atomic E-state index is 0.116. The summed E-state index contributed by atoms with van der Waals surface area (Å²) >= 11 is 0. The van der Waals surface area contributed by atoms with Gasteiger partial charge >= 0.3 is 5.97 Å². The minimum atomic E-state index is -3.26. The normalized spacial score (nSPS) is 20.8. The van der Waals surface area contributed by atoms with Gasteiger partial charge in [0.2, 0.25) is 21.8 Å². The topological polar surface area (TPSA) is 104 Å². The number of esters is 1. The molecule has 0 radical (unpaired) electrons. The molecule has 158 valence electrons. The number of hydrogen-bond donors (Lipinski definition) is 0. The van der Waals surface area contributed by atoms with E-state index in [-0.39, 0.29) is 44.5 Å². The number of benzene rings is 1. The molecule has 2 aliphatic heterocycles. The maximum absolute atomic E-state index is 12.8. The van der Waals surface area contributed by atoms with Crippen LogP contribution in [-0.2, 0) is 24.3 Å². The number of sulfonamides is 1. The molecule has 0 aliphatic carbocycles. The maximum Gasteiger partial charge on any atom is 0.338 e. The molecule has 9 nitrogen and oxygen atoms in total. The third-order valence-corrected chi connectivity index (χ3v) is 6.49. The van der Waals surface area contributed by atoms with E-state index in [4.69, 9.17) is 4.74 Å². The van der Waals surface area contributed by atoms with Gasteiger partial charge in [0, 0.05) is 44.8 Å². The van der Waals surface area contributed by atoms with Crippen LogP contribution in [0.3, 0.4) is 0 Å². The first-order valence-corrected chi connectivity index (χ1v) is 11.4. The quantitative estimate of drug-likeness (QED) is 0.632. The summed E-state index contributed by atoms with van der Waals surface area (Å²) in [5.41, 5.74) is 1.03. The molecule has 29 heavy (non-hydrogen) atoms. The van der Waals surface area contributed by atoms with E-state index < -0.39 is 21.9 Å². The Morgan fingerprint density at radius 3 is 2.28 bits per heavy atom. The smallest absolute Gasteiger partial charge is 0.338 e. The van der Waals surface area contributed by atoms with Gasteiger partial charge < -0.3 is 14.5 Å². The number of hydrogen-bond acceptors (Lipinski definition) is 6. The van der Waals surface area contributed by atoms with Gasteiger partial charge in [-0.25, -0.2) is 13.2 Å². The van der Waals surface area contributed by atoms with Crippen molar-refractivity contribution in [2.24, 2.45) is 5.92 Å². The number of amides is 2. The molecule has 0 N–H and O–H groups in total. The molecule has 0 bridgehead atoms. The highest BCUT2D eigenvalue weighted by atomic mass is 32.2. The van der Waals surface area contributed by atoms with Crippen molar-refractivity contribution >= 4 is 33.5 Å². The Labute approximate surface area is 170 Å². The van der Waals surface area contributed by atoms with Crippen LogP contribution in [0.1, 0.15) is 23.7 Å². The molecule has 1 aromatic rings. The van der Waals surface area contributed by atoms with E-state index in [1.54, 1.807) is 41.0 Å². The predicted molar refractivity (Wildman–Crippen MR) is 106 cm³/mol. The lowest BCUT2D eigenvalue weighted by molar-refractivity contribution is -0.136. The van der Waals surface area contributed by atoms with E-state index in [9.17, 15) is 22.8 Å². The molecule has 1 atom stereocenters. The van der Waals surface area contributed by atoms with Crippen molar-refractivity contribution in [1.29, 1.82) is 0 Å². The second kappa shape index (κ2) is 8.50. The maximum atomic E-state index is 12.8. The largest absolute Gasteiger partial charge is 0.462 e. The van der Waals surface area contributed by atoms with Gasteiger partial charge in [-0.05, 0) is 31.2 Å². The molecule has 10 heteroatoms. The lowest BCUT2D eigenvalue weighted by Crippen LogP contribution is -2.51. The lowest BCUT2D eigenvalue weighted by atomic mass is 10.1. The first kappa shape index (κ1) is 21.3. The summed E-state index contributed by atoms with van der Waals surface area (Å²) in [6, 6.07) is 6.53. The van der Waals surface area contributed by atoms with Crippen LogP contribution in [0.15, 0.2) is 24.3 Å². The van der Waals surface area contributed by atoms with Gasteiger partial charge in [0.05, 0.1) is 24.3 Å². The van der Waals surface area contributed by atoms with Gasteiger partial charge in [-0.2, -0.15) is 4.31 Å². The molecule has 2 saturated heterocycles. The van der Waals surface area contributed by atoms with Crippen LogP contribution in [0, 0.1) is 5.92 Å². The Kier molecular flexibility index (Phi) is 6.23. The molecule has 1 unspecified atom stereocenters. The van der Waals surface area contributed by atoms with Crippen LogP contribution in [-0.4, -0.2) is 81.0 Å². The van der Waals surface area contributed by atoms with Gasteiger partial charge in [-0.3, -0.25) is 9.59 Å². The summed E-state index contributed by atoms with van der Waals surface area (Å²) < 4.78 is 29.5. The zero-order valence-corrected chi connectivity index (χ0v) is 17.4. The number of piperazine rings is 1. The molecule has 1 aromatic carbocycles. The van der Waals surface area contributed by atoms with Crippen molar-refractivity contribution in [1.82, 2.24) is 9.21 Å². The fraction of sp³-hybridized carbons (Fsp3) is 0.526. The Hall–Kier alpha value is -2.46. The average molecular weight is 423 g/mol. The van der Waals surface area contributed by atoms with E-state index >= 15 is 0 Å². The van der Waals surface area contributed by atoms with Crippen LogP contribution in [0.2, 0.25) is 0 Å². The summed E-state index contributed by atoms with van der Waals surface area (Å²) in [7, 11) is -3.26. The molecule has 0 spiro atoms. The Bertz CT molecular complexity index is 891. The first-order valence-electron chi connectivity index (χ1n) is 9.52. The monoisotopic (exact) mass is 423 g/mol. The minimum Gasteiger partial charge on any atom is -0.462 e. The SMILES string of the molecule is CCOC(=O)c1ccc(N2CC(C(=O)N3CCN(S(C)(=O)=O)CC3)CC2=O)cc1. The second-order valence-corrected chi connectivity index (χ2v) is 9.14. The molecule has 2 heterocycles. The number of ether oxygens (including phenoxy) is 1. The van der Waals surface area contributed by atoms with Crippen molar-refractivity contribution in [2.75, 3.05) is 50.5 Å². The van der Waals surface area contributed by atoms with Crippen molar-refractivity contribution in [3.63, 3.8) is 0 Å². The molecule has 0 aromatic heterocycles. The van der Waals surface area contributed by atoms with Crippen LogP contribution in [0.25, 0.3) is 0 Å². The number of anilines is 1. The zero-order chi connectivity index (χ0) is 21.2. The molecule has 2 amide bonds. The molecule has 2 fully saturated rings. The molecule has 3 rings (SSSR count). The lowest BCUT2D eigenvalue weighted by Gasteiger charge is -2.34. The van der Waals surface area contributed by atoms with Crippen molar-refractivity contribution < 1.29 is 27.5 Å². The first-order chi connectivity index (χ1) is 13.7. The summed E-state index contributed by atoms with van der Waals surface area (Å²) in [5, 5.41) is 0. The number of rotatable bonds is 5. The summed E-state index contributed by atoms with van der Waals surface area (Å²) in [4.78, 5) is 40.2. The predicted octanol–water partition coefficient (Wildman–Crippen LogP) is 0.320. The van der Waals surface area contributed by atoms with Gasteiger partial charge in [0.15, 0.2) is 0 Å². The molecular formula is C19H25N3O6S. The summed E-state index contributed by atoms with van der Waals surface area (Å²) in [6.45, 7) is 3.47. The summed E-state index contributed by atoms with van der Waals surface area (Å²) in [5.74, 6) is -1.16. The fourth-order valence-electron chi connectivity index (χ4n) is 3.61. The third kappa shape index (κ3) is 4.76. The highest BCUT2D eigenvalue weighted by Crippen LogP contribution is 2.27. The number of carbonyl (C=O) groups is 3. The van der Waals surface area contributed by atoms with Gasteiger partial charge in [0.25, 0.3) is 0 Å². The van der Waals surface area contributed by atoms with Crippen LogP contribution < -0.4 is 4.90 Å². The van der Waals surface area contributed by atoms with E-state index in [2.05, 4.69) is 0 Å². The molecule has 0 saturated carbocycles. The van der Waals surface area contributed by atoms with Gasteiger partial charge in [-0.1, -0.05) is 0 Å².